The van der Waals surface area contributed by atoms with E-state index in [1.54, 1.807) is 42.5 Å². The number of amides is 1. The van der Waals surface area contributed by atoms with Crippen molar-refractivity contribution in [2.24, 2.45) is 0 Å². The van der Waals surface area contributed by atoms with Crippen LogP contribution in [0.4, 0.5) is 5.69 Å². The van der Waals surface area contributed by atoms with E-state index in [1.807, 2.05) is 44.2 Å². The maximum absolute atomic E-state index is 13.8. The first-order chi connectivity index (χ1) is 18.8. The standard InChI is InChI=1S/C30H27N3O5S/c1-18-9-11-22(12-10-18)33-29(35)27(15-20-14-25(37-4)26(38-5)16-24(20)36-3)39-30(33)23(17-31)28(34)32-21-8-6-7-19(2)13-21/h6-16H,1-5H3,(H,32,34). The molecule has 1 amide bonds. The minimum atomic E-state index is -0.611. The fraction of sp³-hybridized carbons (Fsp3) is 0.167. The van der Waals surface area contributed by atoms with Gasteiger partial charge in [-0.2, -0.15) is 5.26 Å². The van der Waals surface area contributed by atoms with Gasteiger partial charge in [0.05, 0.1) is 31.5 Å². The molecule has 3 aromatic carbocycles. The van der Waals surface area contributed by atoms with Gasteiger partial charge in [0.25, 0.3) is 11.5 Å². The summed E-state index contributed by atoms with van der Waals surface area (Å²) < 4.78 is 18.2. The predicted octanol–water partition coefficient (Wildman–Crippen LogP) is 3.68. The van der Waals surface area contributed by atoms with Crippen LogP contribution in [0.2, 0.25) is 0 Å². The van der Waals surface area contributed by atoms with Gasteiger partial charge in [0.1, 0.15) is 16.5 Å². The average Bonchev–Trinajstić information content (AvgIpc) is 3.24. The van der Waals surface area contributed by atoms with Gasteiger partial charge in [-0.1, -0.05) is 29.8 Å². The van der Waals surface area contributed by atoms with Crippen molar-refractivity contribution in [1.82, 2.24) is 4.57 Å². The van der Waals surface area contributed by atoms with Crippen LogP contribution in [-0.2, 0) is 4.79 Å². The Labute approximate surface area is 229 Å². The zero-order valence-electron chi connectivity index (χ0n) is 22.2. The lowest BCUT2D eigenvalue weighted by Gasteiger charge is -2.11. The molecule has 1 N–H and O–H groups in total. The SMILES string of the molecule is COc1cc(OC)c(OC)cc1C=c1sc(=C(C#N)C(=O)Nc2cccc(C)c2)n(-c2ccc(C)cc2)c1=O. The summed E-state index contributed by atoms with van der Waals surface area (Å²) >= 11 is 1.04. The highest BCUT2D eigenvalue weighted by Crippen LogP contribution is 2.34. The highest BCUT2D eigenvalue weighted by atomic mass is 32.1. The lowest BCUT2D eigenvalue weighted by molar-refractivity contribution is -0.111. The minimum absolute atomic E-state index is 0.182. The van der Waals surface area contributed by atoms with Crippen molar-refractivity contribution in [3.8, 4) is 29.0 Å². The van der Waals surface area contributed by atoms with Crippen LogP contribution in [0, 0.1) is 25.2 Å². The summed E-state index contributed by atoms with van der Waals surface area (Å²) in [6, 6.07) is 19.9. The van der Waals surface area contributed by atoms with Crippen LogP contribution in [0.1, 0.15) is 16.7 Å². The number of carbonyl (C=O) groups is 1. The zero-order chi connectivity index (χ0) is 28.1. The van der Waals surface area contributed by atoms with Crippen molar-refractivity contribution in [3.05, 3.63) is 96.9 Å². The Hall–Kier alpha value is -4.81. The van der Waals surface area contributed by atoms with Crippen LogP contribution in [0.5, 0.6) is 17.2 Å². The molecule has 0 saturated carbocycles. The first-order valence-corrected chi connectivity index (χ1v) is 12.7. The van der Waals surface area contributed by atoms with E-state index in [4.69, 9.17) is 14.2 Å². The Bertz CT molecular complexity index is 1760. The zero-order valence-corrected chi connectivity index (χ0v) is 23.0. The second-order valence-electron chi connectivity index (χ2n) is 8.65. The van der Waals surface area contributed by atoms with Crippen LogP contribution in [0.3, 0.4) is 0 Å². The molecule has 8 nitrogen and oxygen atoms in total. The number of anilines is 1. The van der Waals surface area contributed by atoms with Gasteiger partial charge in [0.15, 0.2) is 17.1 Å². The molecule has 0 aliphatic rings. The molecule has 4 aromatic rings. The Morgan fingerprint density at radius 1 is 0.923 bits per heavy atom. The van der Waals surface area contributed by atoms with Crippen molar-refractivity contribution in [3.63, 3.8) is 0 Å². The molecular weight excluding hydrogens is 514 g/mol. The summed E-state index contributed by atoms with van der Waals surface area (Å²) in [5.41, 5.74) is 3.05. The van der Waals surface area contributed by atoms with Gasteiger partial charge < -0.3 is 19.5 Å². The maximum Gasteiger partial charge on any atom is 0.273 e. The minimum Gasteiger partial charge on any atom is -0.496 e. The van der Waals surface area contributed by atoms with Crippen LogP contribution in [0.25, 0.3) is 17.3 Å². The van der Waals surface area contributed by atoms with Gasteiger partial charge in [-0.25, -0.2) is 0 Å². The first-order valence-electron chi connectivity index (χ1n) is 11.9. The molecule has 1 heterocycles. The molecule has 198 valence electrons. The molecule has 0 atom stereocenters. The number of nitrogens with zero attached hydrogens (tertiary/aromatic N) is 2. The van der Waals surface area contributed by atoms with E-state index < -0.39 is 5.91 Å². The summed E-state index contributed by atoms with van der Waals surface area (Å²) in [5, 5.41) is 12.9. The molecule has 0 fully saturated rings. The molecule has 0 aliphatic heterocycles. The quantitative estimate of drug-likeness (QED) is 0.383. The normalized spacial score (nSPS) is 11.9. The number of nitrogens with one attached hydrogen (secondary N) is 1. The van der Waals surface area contributed by atoms with Crippen LogP contribution in [0.15, 0.2) is 65.5 Å². The number of carbonyl (C=O) groups excluding carboxylic acids is 1. The van der Waals surface area contributed by atoms with E-state index >= 15 is 0 Å². The van der Waals surface area contributed by atoms with Gasteiger partial charge in [0, 0.05) is 17.3 Å². The summed E-state index contributed by atoms with van der Waals surface area (Å²) in [6.07, 6.45) is 1.65. The van der Waals surface area contributed by atoms with E-state index in [2.05, 4.69) is 5.32 Å². The highest BCUT2D eigenvalue weighted by Gasteiger charge is 2.18. The molecule has 39 heavy (non-hydrogen) atoms. The van der Waals surface area contributed by atoms with Crippen LogP contribution >= 0.6 is 11.3 Å². The number of hydrogen-bond donors (Lipinski definition) is 1. The second-order valence-corrected chi connectivity index (χ2v) is 9.68. The third-order valence-corrected chi connectivity index (χ3v) is 7.06. The van der Waals surface area contributed by atoms with Crippen molar-refractivity contribution in [1.29, 1.82) is 5.26 Å². The third-order valence-electron chi connectivity index (χ3n) is 5.97. The summed E-state index contributed by atoms with van der Waals surface area (Å²) in [5.74, 6) is 0.788. The second kappa shape index (κ2) is 11.7. The molecule has 1 aromatic heterocycles. The number of aromatic nitrogens is 1. The van der Waals surface area contributed by atoms with E-state index in [0.29, 0.717) is 38.7 Å². The predicted molar refractivity (Wildman–Crippen MR) is 152 cm³/mol. The summed E-state index contributed by atoms with van der Waals surface area (Å²) in [4.78, 5) is 27.1. The van der Waals surface area contributed by atoms with Crippen molar-refractivity contribution in [2.45, 2.75) is 13.8 Å². The lowest BCUT2D eigenvalue weighted by Crippen LogP contribution is -2.32. The Balaban J connectivity index is 2.00. The van der Waals surface area contributed by atoms with Crippen LogP contribution in [-0.4, -0.2) is 31.8 Å². The number of thiazole rings is 1. The third kappa shape index (κ3) is 5.71. The van der Waals surface area contributed by atoms with Crippen LogP contribution < -0.4 is 34.3 Å². The van der Waals surface area contributed by atoms with Crippen molar-refractivity contribution >= 4 is 34.6 Å². The molecular formula is C30H27N3O5S. The lowest BCUT2D eigenvalue weighted by atomic mass is 10.1. The number of aryl methyl sites for hydroxylation is 2. The smallest absolute Gasteiger partial charge is 0.273 e. The van der Waals surface area contributed by atoms with Gasteiger partial charge in [0.2, 0.25) is 0 Å². The van der Waals surface area contributed by atoms with E-state index in [1.165, 1.54) is 25.9 Å². The Morgan fingerprint density at radius 2 is 1.59 bits per heavy atom. The van der Waals surface area contributed by atoms with Crippen molar-refractivity contribution < 1.29 is 19.0 Å². The fourth-order valence-corrected chi connectivity index (χ4v) is 5.09. The number of methoxy groups -OCH3 is 3. The molecule has 0 aliphatic carbocycles. The number of rotatable bonds is 7. The van der Waals surface area contributed by atoms with Gasteiger partial charge in [-0.15, -0.1) is 11.3 Å². The maximum atomic E-state index is 13.8. The average molecular weight is 542 g/mol. The monoisotopic (exact) mass is 541 g/mol. The van der Waals surface area contributed by atoms with Gasteiger partial charge in [-0.3, -0.25) is 14.2 Å². The molecule has 4 rings (SSSR count). The topological polar surface area (TPSA) is 103 Å². The van der Waals surface area contributed by atoms with Gasteiger partial charge in [-0.05, 0) is 55.8 Å². The summed E-state index contributed by atoms with van der Waals surface area (Å²) in [6.45, 7) is 3.84. The molecule has 0 spiro atoms. The molecule has 0 bridgehead atoms. The number of benzene rings is 3. The first kappa shape index (κ1) is 27.2. The molecule has 0 unspecified atom stereocenters. The highest BCUT2D eigenvalue weighted by molar-refractivity contribution is 7.07. The number of nitriles is 1. The molecule has 9 heteroatoms. The van der Waals surface area contributed by atoms with E-state index in [0.717, 1.165) is 22.5 Å². The number of ether oxygens (including phenoxy) is 3. The molecule has 0 saturated heterocycles. The van der Waals surface area contributed by atoms with E-state index in [-0.39, 0.29) is 15.8 Å². The van der Waals surface area contributed by atoms with Crippen molar-refractivity contribution in [2.75, 3.05) is 26.6 Å². The Morgan fingerprint density at radius 3 is 2.21 bits per heavy atom. The van der Waals surface area contributed by atoms with E-state index in [9.17, 15) is 14.9 Å². The Kier molecular flexibility index (Phi) is 8.18. The fourth-order valence-electron chi connectivity index (χ4n) is 4.00. The van der Waals surface area contributed by atoms with Gasteiger partial charge >= 0.3 is 0 Å². The summed E-state index contributed by atoms with van der Waals surface area (Å²) in [7, 11) is 4.55. The molecule has 0 radical (unpaired) electrons. The largest absolute Gasteiger partial charge is 0.496 e. The number of hydrogen-bond acceptors (Lipinski definition) is 7.